The topological polar surface area (TPSA) is 160 Å². The summed E-state index contributed by atoms with van der Waals surface area (Å²) in [7, 11) is 4.56. The van der Waals surface area contributed by atoms with E-state index in [0.717, 1.165) is 9.47 Å². The molecule has 7 rings (SSSR count). The number of nitrogens with zero attached hydrogens (tertiary/aromatic N) is 6. The number of carbonyl (C=O) groups is 2. The number of aryl methyl sites for hydroxylation is 3. The molecule has 2 aromatic heterocycles. The van der Waals surface area contributed by atoms with Gasteiger partial charge in [0.2, 0.25) is 0 Å². The first kappa shape index (κ1) is 34.1. The van der Waals surface area contributed by atoms with E-state index in [9.17, 15) is 29.1 Å². The van der Waals surface area contributed by atoms with Crippen LogP contribution in [0, 0.1) is 6.92 Å². The number of halogens is 3. The largest absolute Gasteiger partial charge is 0.508 e. The van der Waals surface area contributed by atoms with Gasteiger partial charge in [-0.2, -0.15) is 0 Å². The molecule has 0 spiro atoms. The molecular formula is C33H31BrCl2N6O8. The number of rotatable bonds is 7. The highest BCUT2D eigenvalue weighted by Gasteiger charge is 2.75. The number of aromatic hydroxyl groups is 1. The van der Waals surface area contributed by atoms with Crippen LogP contribution < -0.4 is 26.4 Å². The minimum absolute atomic E-state index is 0.0205. The molecule has 1 N–H and O–H groups in total. The number of methoxy groups -OCH3 is 2. The fourth-order valence-corrected chi connectivity index (χ4v) is 8.98. The highest BCUT2D eigenvalue weighted by Crippen LogP contribution is 2.63. The Bertz CT molecular complexity index is 2360. The standard InChI is InChI=1S/C33H31BrCl2N6O8/c1-16-11-17(5-6-23(16)43)26-18-7-10-41-30(47)39(9-8-19-27(44)38(2)21-13-25(50-4)24(49-3)12-20(21)37-19)31(48)42(41)22(18)14-32(35)28(45)40(15-34)29(46)33(26,32)36/h5-7,11-13,22,26,43H,8-10,14-15H2,1-4H3/t22-,26+,32-,33+/m1/s1. The number of carbonyl (C=O) groups excluding carboxylic acids is 2. The summed E-state index contributed by atoms with van der Waals surface area (Å²) in [4.78, 5) is 70.6. The number of amides is 2. The zero-order valence-electron chi connectivity index (χ0n) is 27.3. The Balaban J connectivity index is 1.32. The fourth-order valence-electron chi connectivity index (χ4n) is 7.58. The molecule has 1 saturated carbocycles. The molecule has 3 aliphatic rings. The second kappa shape index (κ2) is 11.9. The van der Waals surface area contributed by atoms with Crippen LogP contribution in [-0.4, -0.2) is 74.7 Å². The van der Waals surface area contributed by atoms with Gasteiger partial charge in [-0.05, 0) is 29.7 Å². The van der Waals surface area contributed by atoms with Gasteiger partial charge in [-0.15, -0.1) is 23.2 Å². The van der Waals surface area contributed by atoms with E-state index in [4.69, 9.17) is 32.7 Å². The predicted octanol–water partition coefficient (Wildman–Crippen LogP) is 2.68. The molecule has 50 heavy (non-hydrogen) atoms. The highest BCUT2D eigenvalue weighted by molar-refractivity contribution is 9.09. The number of hydrogen-bond donors (Lipinski definition) is 1. The lowest BCUT2D eigenvalue weighted by molar-refractivity contribution is -0.138. The highest BCUT2D eigenvalue weighted by atomic mass is 79.9. The van der Waals surface area contributed by atoms with Gasteiger partial charge < -0.3 is 19.1 Å². The van der Waals surface area contributed by atoms with Crippen LogP contribution in [0.25, 0.3) is 11.0 Å². The molecule has 2 aromatic carbocycles. The van der Waals surface area contributed by atoms with Crippen LogP contribution in [0.4, 0.5) is 0 Å². The number of phenols is 1. The third-order valence-electron chi connectivity index (χ3n) is 10.1. The van der Waals surface area contributed by atoms with E-state index < -0.39 is 50.5 Å². The average Bonchev–Trinajstić information content (AvgIpc) is 3.43. The second-order valence-electron chi connectivity index (χ2n) is 12.6. The van der Waals surface area contributed by atoms with E-state index in [1.807, 2.05) is 0 Å². The van der Waals surface area contributed by atoms with E-state index in [-0.39, 0.29) is 42.8 Å². The molecule has 1 aliphatic carbocycles. The smallest absolute Gasteiger partial charge is 0.347 e. The predicted molar refractivity (Wildman–Crippen MR) is 187 cm³/mol. The van der Waals surface area contributed by atoms with Crippen molar-refractivity contribution in [3.05, 3.63) is 90.1 Å². The van der Waals surface area contributed by atoms with Crippen LogP contribution in [0.3, 0.4) is 0 Å². The monoisotopic (exact) mass is 788 g/mol. The van der Waals surface area contributed by atoms with Gasteiger partial charge in [0.25, 0.3) is 17.4 Å². The van der Waals surface area contributed by atoms with E-state index in [2.05, 4.69) is 20.9 Å². The van der Waals surface area contributed by atoms with Crippen molar-refractivity contribution < 1.29 is 24.2 Å². The van der Waals surface area contributed by atoms with Gasteiger partial charge in [-0.3, -0.25) is 19.3 Å². The number of ether oxygens (including phenoxy) is 2. The first-order valence-electron chi connectivity index (χ1n) is 15.6. The normalized spacial score (nSPS) is 24.2. The number of imide groups is 1. The summed E-state index contributed by atoms with van der Waals surface area (Å²) in [6, 6.07) is 7.08. The Kier molecular flexibility index (Phi) is 8.11. The van der Waals surface area contributed by atoms with Crippen LogP contribution in [-0.2, 0) is 36.1 Å². The minimum Gasteiger partial charge on any atom is -0.508 e. The first-order valence-corrected chi connectivity index (χ1v) is 17.4. The van der Waals surface area contributed by atoms with Gasteiger partial charge in [0.15, 0.2) is 21.2 Å². The molecule has 262 valence electrons. The maximum atomic E-state index is 14.2. The van der Waals surface area contributed by atoms with Crippen molar-refractivity contribution in [1.29, 1.82) is 0 Å². The molecule has 17 heteroatoms. The van der Waals surface area contributed by atoms with Crippen molar-refractivity contribution >= 4 is 62.0 Å². The van der Waals surface area contributed by atoms with E-state index in [0.29, 0.717) is 39.2 Å². The van der Waals surface area contributed by atoms with Crippen molar-refractivity contribution in [2.45, 2.75) is 54.6 Å². The summed E-state index contributed by atoms with van der Waals surface area (Å²) in [5.74, 6) is -1.56. The second-order valence-corrected chi connectivity index (χ2v) is 14.3. The van der Waals surface area contributed by atoms with Crippen LogP contribution in [0.15, 0.2) is 56.4 Å². The molecule has 0 bridgehead atoms. The summed E-state index contributed by atoms with van der Waals surface area (Å²) in [6.45, 7) is 1.47. The number of benzene rings is 2. The average molecular weight is 790 g/mol. The van der Waals surface area contributed by atoms with Crippen molar-refractivity contribution in [3.63, 3.8) is 0 Å². The third-order valence-corrected chi connectivity index (χ3v) is 12.1. The lowest BCUT2D eigenvalue weighted by Gasteiger charge is -2.49. The molecule has 2 aliphatic heterocycles. The third kappa shape index (κ3) is 4.51. The number of alkyl halides is 3. The lowest BCUT2D eigenvalue weighted by Crippen LogP contribution is -2.59. The maximum absolute atomic E-state index is 14.2. The molecule has 1 saturated heterocycles. The molecule has 4 heterocycles. The summed E-state index contributed by atoms with van der Waals surface area (Å²) < 4.78 is 15.7. The molecule has 2 amide bonds. The van der Waals surface area contributed by atoms with Gasteiger partial charge in [0.1, 0.15) is 11.4 Å². The van der Waals surface area contributed by atoms with Crippen molar-refractivity contribution in [1.82, 2.24) is 28.4 Å². The van der Waals surface area contributed by atoms with E-state index in [1.165, 1.54) is 34.2 Å². The lowest BCUT2D eigenvalue weighted by atomic mass is 9.64. The van der Waals surface area contributed by atoms with Gasteiger partial charge >= 0.3 is 11.4 Å². The Morgan fingerprint density at radius 2 is 1.72 bits per heavy atom. The number of aromatic nitrogens is 5. The van der Waals surface area contributed by atoms with Gasteiger partial charge in [0.05, 0.1) is 43.3 Å². The fraction of sp³-hybridized carbons (Fsp3) is 0.394. The number of hydrogen-bond acceptors (Lipinski definition) is 9. The summed E-state index contributed by atoms with van der Waals surface area (Å²) in [5.41, 5.74) is 0.751. The van der Waals surface area contributed by atoms with Crippen LogP contribution in [0.2, 0.25) is 0 Å². The van der Waals surface area contributed by atoms with Crippen LogP contribution in [0.1, 0.15) is 35.2 Å². The number of fused-ring (bicyclic) bond motifs is 5. The quantitative estimate of drug-likeness (QED) is 0.129. The number of likely N-dealkylation sites (tertiary alicyclic amines) is 1. The zero-order valence-corrected chi connectivity index (χ0v) is 30.4. The Morgan fingerprint density at radius 3 is 2.38 bits per heavy atom. The van der Waals surface area contributed by atoms with Crippen molar-refractivity contribution in [2.24, 2.45) is 7.05 Å². The SMILES string of the molecule is COc1cc2nc(CCn3c(=O)n4n(c3=O)[C@@H]3C[C@@]5(Cl)C(=O)N(CBr)C(=O)[C@@]5(Cl)[C@@H](c5ccc(O)c(C)c5)C3=CC4)c(=O)n(C)c2cc1OC. The van der Waals surface area contributed by atoms with Gasteiger partial charge in [-0.25, -0.2) is 28.5 Å². The van der Waals surface area contributed by atoms with Crippen molar-refractivity contribution in [2.75, 3.05) is 19.7 Å². The summed E-state index contributed by atoms with van der Waals surface area (Å²) in [6.07, 6.45) is 1.43. The molecule has 4 aromatic rings. The zero-order chi connectivity index (χ0) is 36.0. The number of phenolic OH excluding ortho intramolecular Hbond substituents is 1. The van der Waals surface area contributed by atoms with Gasteiger partial charge in [0, 0.05) is 44.5 Å². The molecule has 2 fully saturated rings. The summed E-state index contributed by atoms with van der Waals surface area (Å²) in [5, 5.41) is 10.3. The van der Waals surface area contributed by atoms with E-state index in [1.54, 1.807) is 44.3 Å². The minimum atomic E-state index is -2.00. The molecule has 0 unspecified atom stereocenters. The molecule has 4 atom stereocenters. The molecule has 0 radical (unpaired) electrons. The first-order chi connectivity index (χ1) is 23.7. The van der Waals surface area contributed by atoms with E-state index >= 15 is 0 Å². The Hall–Kier alpha value is -4.34. The Labute approximate surface area is 302 Å². The van der Waals surface area contributed by atoms with Crippen LogP contribution in [0.5, 0.6) is 17.2 Å². The number of allylic oxidation sites excluding steroid dienone is 2. The summed E-state index contributed by atoms with van der Waals surface area (Å²) >= 11 is 17.7. The van der Waals surface area contributed by atoms with Gasteiger partial charge in [-0.1, -0.05) is 34.1 Å². The molecule has 14 nitrogen and oxygen atoms in total. The Morgan fingerprint density at radius 1 is 1.02 bits per heavy atom. The maximum Gasteiger partial charge on any atom is 0.347 e. The molecular weight excluding hydrogens is 759 g/mol. The van der Waals surface area contributed by atoms with Crippen molar-refractivity contribution in [3.8, 4) is 17.2 Å². The van der Waals surface area contributed by atoms with Crippen LogP contribution >= 0.6 is 39.1 Å².